The van der Waals surface area contributed by atoms with Crippen LogP contribution in [0.25, 0.3) is 0 Å². The molecular weight excluding hydrogens is 300 g/mol. The molecule has 1 N–H and O–H groups in total. The number of aromatic nitrogens is 1. The van der Waals surface area contributed by atoms with Crippen LogP contribution in [0.5, 0.6) is 0 Å². The van der Waals surface area contributed by atoms with Crippen molar-refractivity contribution in [2.24, 2.45) is 0 Å². The molecule has 0 saturated heterocycles. The Kier molecular flexibility index (Phi) is 3.91. The highest BCUT2D eigenvalue weighted by molar-refractivity contribution is 9.10. The van der Waals surface area contributed by atoms with E-state index in [1.54, 1.807) is 12.3 Å². The molecule has 2 rings (SSSR count). The summed E-state index contributed by atoms with van der Waals surface area (Å²) in [6.45, 7) is 2.00. The Bertz CT molecular complexity index is 525. The maximum atomic E-state index is 12.0. The van der Waals surface area contributed by atoms with Gasteiger partial charge in [-0.1, -0.05) is 17.7 Å². The van der Waals surface area contributed by atoms with Crippen molar-refractivity contribution in [3.05, 3.63) is 52.6 Å². The summed E-state index contributed by atoms with van der Waals surface area (Å²) in [4.78, 5) is 4.85. The lowest BCUT2D eigenvalue weighted by molar-refractivity contribution is 0.686. The van der Waals surface area contributed by atoms with Crippen molar-refractivity contribution in [2.75, 3.05) is 4.72 Å². The molecular formula is C12H11BrN2OS. The quantitative estimate of drug-likeness (QED) is 0.945. The van der Waals surface area contributed by atoms with Crippen LogP contribution in [0.4, 0.5) is 5.82 Å². The Morgan fingerprint density at radius 3 is 2.47 bits per heavy atom. The standard InChI is InChI=1S/C12H11BrN2OS/c1-9-2-5-11(6-3-9)17(16)15-12-7-4-10(13)8-14-12/h2-8H,1H3,(H,14,15). The van der Waals surface area contributed by atoms with Gasteiger partial charge < -0.3 is 0 Å². The molecule has 0 aliphatic carbocycles. The van der Waals surface area contributed by atoms with Crippen molar-refractivity contribution in [2.45, 2.75) is 11.8 Å². The predicted molar refractivity (Wildman–Crippen MR) is 73.1 cm³/mol. The van der Waals surface area contributed by atoms with Gasteiger partial charge in [0.05, 0.1) is 4.90 Å². The van der Waals surface area contributed by atoms with Crippen molar-refractivity contribution in [3.63, 3.8) is 0 Å². The van der Waals surface area contributed by atoms with Gasteiger partial charge in [-0.2, -0.15) is 0 Å². The van der Waals surface area contributed by atoms with Crippen LogP contribution >= 0.6 is 15.9 Å². The van der Waals surface area contributed by atoms with Gasteiger partial charge in [0.25, 0.3) is 0 Å². The third-order valence-electron chi connectivity index (χ3n) is 2.16. The summed E-state index contributed by atoms with van der Waals surface area (Å²) < 4.78 is 15.7. The van der Waals surface area contributed by atoms with Gasteiger partial charge in [-0.05, 0) is 47.1 Å². The largest absolute Gasteiger partial charge is 0.285 e. The van der Waals surface area contributed by atoms with E-state index in [2.05, 4.69) is 25.6 Å². The summed E-state index contributed by atoms with van der Waals surface area (Å²) in [5, 5.41) is 0. The van der Waals surface area contributed by atoms with Gasteiger partial charge in [-0.15, -0.1) is 0 Å². The van der Waals surface area contributed by atoms with E-state index in [1.807, 2.05) is 37.3 Å². The summed E-state index contributed by atoms with van der Waals surface area (Å²) >= 11 is 3.30. The molecule has 1 aromatic carbocycles. The zero-order valence-electron chi connectivity index (χ0n) is 9.18. The van der Waals surface area contributed by atoms with E-state index >= 15 is 0 Å². The minimum Gasteiger partial charge on any atom is -0.285 e. The summed E-state index contributed by atoms with van der Waals surface area (Å²) in [6.07, 6.45) is 1.66. The van der Waals surface area contributed by atoms with Crippen LogP contribution in [0.2, 0.25) is 0 Å². The van der Waals surface area contributed by atoms with Gasteiger partial charge in [-0.25, -0.2) is 9.19 Å². The average molecular weight is 311 g/mol. The number of aryl methyl sites for hydroxylation is 1. The van der Waals surface area contributed by atoms with Crippen LogP contribution in [-0.4, -0.2) is 9.19 Å². The third kappa shape index (κ3) is 3.38. The second kappa shape index (κ2) is 5.42. The van der Waals surface area contributed by atoms with Crippen molar-refractivity contribution in [1.82, 2.24) is 4.98 Å². The molecule has 0 aliphatic heterocycles. The Morgan fingerprint density at radius 2 is 1.88 bits per heavy atom. The van der Waals surface area contributed by atoms with Gasteiger partial charge in [0.15, 0.2) is 11.0 Å². The lowest BCUT2D eigenvalue weighted by Crippen LogP contribution is -2.05. The van der Waals surface area contributed by atoms with Gasteiger partial charge >= 0.3 is 0 Å². The molecule has 3 nitrogen and oxygen atoms in total. The normalized spacial score (nSPS) is 12.1. The first kappa shape index (κ1) is 12.3. The molecule has 1 aromatic heterocycles. The first-order chi connectivity index (χ1) is 8.15. The summed E-state index contributed by atoms with van der Waals surface area (Å²) in [6, 6.07) is 11.2. The zero-order chi connectivity index (χ0) is 12.3. The fourth-order valence-electron chi connectivity index (χ4n) is 1.25. The third-order valence-corrected chi connectivity index (χ3v) is 3.72. The van der Waals surface area contributed by atoms with Crippen molar-refractivity contribution in [1.29, 1.82) is 0 Å². The monoisotopic (exact) mass is 310 g/mol. The van der Waals surface area contributed by atoms with E-state index in [9.17, 15) is 4.21 Å². The molecule has 0 fully saturated rings. The second-order valence-electron chi connectivity index (χ2n) is 3.55. The van der Waals surface area contributed by atoms with Gasteiger partial charge in [0.2, 0.25) is 0 Å². The molecule has 1 atom stereocenters. The second-order valence-corrected chi connectivity index (χ2v) is 5.67. The number of rotatable bonds is 3. The Labute approximate surface area is 111 Å². The topological polar surface area (TPSA) is 42.0 Å². The van der Waals surface area contributed by atoms with Gasteiger partial charge in [0, 0.05) is 10.7 Å². The van der Waals surface area contributed by atoms with Crippen LogP contribution in [0.1, 0.15) is 5.56 Å². The molecule has 0 aliphatic rings. The SMILES string of the molecule is Cc1ccc(S(=O)Nc2ccc(Br)cn2)cc1. The molecule has 1 heterocycles. The smallest absolute Gasteiger partial charge is 0.151 e. The maximum absolute atomic E-state index is 12.0. The summed E-state index contributed by atoms with van der Waals surface area (Å²) in [7, 11) is -1.28. The molecule has 0 spiro atoms. The zero-order valence-corrected chi connectivity index (χ0v) is 11.6. The average Bonchev–Trinajstić information content (AvgIpc) is 2.33. The molecule has 0 amide bonds. The van der Waals surface area contributed by atoms with Gasteiger partial charge in [0.1, 0.15) is 5.82 Å². The van der Waals surface area contributed by atoms with E-state index in [-0.39, 0.29) is 0 Å². The Hall–Kier alpha value is -1.20. The minimum atomic E-state index is -1.28. The Morgan fingerprint density at radius 1 is 1.18 bits per heavy atom. The van der Waals surface area contributed by atoms with Crippen molar-refractivity contribution >= 4 is 32.7 Å². The number of pyridine rings is 1. The van der Waals surface area contributed by atoms with Crippen LogP contribution in [0.3, 0.4) is 0 Å². The number of benzene rings is 1. The maximum Gasteiger partial charge on any atom is 0.151 e. The number of nitrogens with zero attached hydrogens (tertiary/aromatic N) is 1. The van der Waals surface area contributed by atoms with E-state index in [1.165, 1.54) is 0 Å². The van der Waals surface area contributed by atoms with E-state index in [0.29, 0.717) is 5.82 Å². The first-order valence-electron chi connectivity index (χ1n) is 5.02. The number of hydrogen-bond donors (Lipinski definition) is 1. The molecule has 1 unspecified atom stereocenters. The van der Waals surface area contributed by atoms with Crippen LogP contribution < -0.4 is 4.72 Å². The lowest BCUT2D eigenvalue weighted by atomic mass is 10.2. The van der Waals surface area contributed by atoms with E-state index < -0.39 is 11.0 Å². The molecule has 17 heavy (non-hydrogen) atoms. The predicted octanol–water partition coefficient (Wildman–Crippen LogP) is 3.29. The number of anilines is 1. The van der Waals surface area contributed by atoms with Crippen molar-refractivity contribution < 1.29 is 4.21 Å². The summed E-state index contributed by atoms with van der Waals surface area (Å²) in [5.74, 6) is 0.590. The number of halogens is 1. The fraction of sp³-hybridized carbons (Fsp3) is 0.0833. The highest BCUT2D eigenvalue weighted by Gasteiger charge is 2.04. The highest BCUT2D eigenvalue weighted by Crippen LogP contribution is 2.14. The van der Waals surface area contributed by atoms with Gasteiger partial charge in [-0.3, -0.25) is 4.72 Å². The highest BCUT2D eigenvalue weighted by atomic mass is 79.9. The molecule has 0 radical (unpaired) electrons. The lowest BCUT2D eigenvalue weighted by Gasteiger charge is -2.05. The fourth-order valence-corrected chi connectivity index (χ4v) is 2.30. The Balaban J connectivity index is 2.11. The molecule has 2 aromatic rings. The first-order valence-corrected chi connectivity index (χ1v) is 6.96. The van der Waals surface area contributed by atoms with Crippen LogP contribution in [0.15, 0.2) is 52.0 Å². The minimum absolute atomic E-state index is 0.590. The molecule has 0 bridgehead atoms. The van der Waals surface area contributed by atoms with Crippen molar-refractivity contribution in [3.8, 4) is 0 Å². The number of hydrogen-bond acceptors (Lipinski definition) is 2. The molecule has 88 valence electrons. The molecule has 0 saturated carbocycles. The van der Waals surface area contributed by atoms with Crippen LogP contribution in [-0.2, 0) is 11.0 Å². The molecule has 5 heteroatoms. The van der Waals surface area contributed by atoms with E-state index in [4.69, 9.17) is 0 Å². The summed E-state index contributed by atoms with van der Waals surface area (Å²) in [5.41, 5.74) is 1.15. The van der Waals surface area contributed by atoms with E-state index in [0.717, 1.165) is 14.9 Å². The number of nitrogens with one attached hydrogen (secondary N) is 1. The van der Waals surface area contributed by atoms with Crippen LogP contribution in [0, 0.1) is 6.92 Å².